The Morgan fingerprint density at radius 1 is 1.56 bits per heavy atom. The number of dihydropyridines is 1. The Hall–Kier alpha value is -1.12. The van der Waals surface area contributed by atoms with Crippen LogP contribution in [0.25, 0.3) is 0 Å². The standard InChI is InChI=1S/C6H6FNO/c7-6(5-9)3-1-2-4-8-6/h1-5,8H. The van der Waals surface area contributed by atoms with Crippen LogP contribution in [0.15, 0.2) is 24.4 Å². The van der Waals surface area contributed by atoms with Crippen LogP contribution in [0.1, 0.15) is 0 Å². The SMILES string of the molecule is O=CC1(F)C=CC=CN1. The van der Waals surface area contributed by atoms with Gasteiger partial charge in [0.25, 0.3) is 5.79 Å². The first-order valence-electron chi connectivity index (χ1n) is 2.54. The highest BCUT2D eigenvalue weighted by Crippen LogP contribution is 2.07. The van der Waals surface area contributed by atoms with Crippen LogP contribution in [-0.4, -0.2) is 12.1 Å². The van der Waals surface area contributed by atoms with Crippen molar-refractivity contribution in [2.45, 2.75) is 5.79 Å². The molecule has 0 fully saturated rings. The van der Waals surface area contributed by atoms with E-state index in [1.807, 2.05) is 0 Å². The Balaban J connectivity index is 2.73. The van der Waals surface area contributed by atoms with Gasteiger partial charge in [-0.05, 0) is 18.4 Å². The van der Waals surface area contributed by atoms with E-state index in [2.05, 4.69) is 5.32 Å². The number of allylic oxidation sites excluding steroid dienone is 2. The van der Waals surface area contributed by atoms with Gasteiger partial charge in [0.1, 0.15) is 0 Å². The zero-order valence-electron chi connectivity index (χ0n) is 4.67. The smallest absolute Gasteiger partial charge is 0.255 e. The van der Waals surface area contributed by atoms with Gasteiger partial charge in [0.2, 0.25) is 0 Å². The summed E-state index contributed by atoms with van der Waals surface area (Å²) < 4.78 is 12.7. The molecule has 0 saturated carbocycles. The minimum atomic E-state index is -1.98. The molecule has 1 atom stereocenters. The van der Waals surface area contributed by atoms with E-state index in [-0.39, 0.29) is 6.29 Å². The van der Waals surface area contributed by atoms with Crippen molar-refractivity contribution in [1.29, 1.82) is 0 Å². The monoisotopic (exact) mass is 127 g/mol. The van der Waals surface area contributed by atoms with E-state index in [1.165, 1.54) is 12.3 Å². The molecule has 1 rings (SSSR count). The molecule has 48 valence electrons. The number of carbonyl (C=O) groups excluding carboxylic acids is 1. The molecule has 0 spiro atoms. The average molecular weight is 127 g/mol. The molecule has 3 heteroatoms. The second kappa shape index (κ2) is 2.01. The summed E-state index contributed by atoms with van der Waals surface area (Å²) in [5, 5.41) is 2.24. The lowest BCUT2D eigenvalue weighted by Gasteiger charge is -2.15. The van der Waals surface area contributed by atoms with Crippen LogP contribution in [-0.2, 0) is 4.79 Å². The van der Waals surface area contributed by atoms with Gasteiger partial charge in [-0.1, -0.05) is 6.08 Å². The second-order valence-electron chi connectivity index (χ2n) is 1.75. The maximum absolute atomic E-state index is 12.7. The lowest BCUT2D eigenvalue weighted by atomic mass is 10.2. The maximum atomic E-state index is 12.7. The van der Waals surface area contributed by atoms with Crippen LogP contribution in [0.5, 0.6) is 0 Å². The van der Waals surface area contributed by atoms with E-state index >= 15 is 0 Å². The Morgan fingerprint density at radius 2 is 2.33 bits per heavy atom. The van der Waals surface area contributed by atoms with E-state index in [4.69, 9.17) is 0 Å². The van der Waals surface area contributed by atoms with Gasteiger partial charge in [-0.15, -0.1) is 0 Å². The van der Waals surface area contributed by atoms with E-state index in [9.17, 15) is 9.18 Å². The lowest BCUT2D eigenvalue weighted by molar-refractivity contribution is -0.116. The molecular formula is C6H6FNO. The normalized spacial score (nSPS) is 31.7. The molecule has 2 nitrogen and oxygen atoms in total. The van der Waals surface area contributed by atoms with Crippen LogP contribution in [0.2, 0.25) is 0 Å². The summed E-state index contributed by atoms with van der Waals surface area (Å²) in [6.45, 7) is 0. The summed E-state index contributed by atoms with van der Waals surface area (Å²) >= 11 is 0. The van der Waals surface area contributed by atoms with E-state index in [1.54, 1.807) is 6.08 Å². The summed E-state index contributed by atoms with van der Waals surface area (Å²) in [6, 6.07) is 0. The highest BCUT2D eigenvalue weighted by molar-refractivity contribution is 5.66. The molecule has 0 aromatic heterocycles. The van der Waals surface area contributed by atoms with Gasteiger partial charge >= 0.3 is 0 Å². The highest BCUT2D eigenvalue weighted by Gasteiger charge is 2.23. The first-order chi connectivity index (χ1) is 4.27. The third-order valence-electron chi connectivity index (χ3n) is 1.02. The third kappa shape index (κ3) is 1.16. The molecule has 0 amide bonds. The number of rotatable bonds is 1. The largest absolute Gasteiger partial charge is 0.351 e. The van der Waals surface area contributed by atoms with Gasteiger partial charge in [0.05, 0.1) is 0 Å². The Labute approximate surface area is 52.1 Å². The van der Waals surface area contributed by atoms with Crippen molar-refractivity contribution in [3.8, 4) is 0 Å². The molecule has 0 aromatic rings. The number of halogens is 1. The summed E-state index contributed by atoms with van der Waals surface area (Å²) in [4.78, 5) is 9.96. The molecular weight excluding hydrogens is 121 g/mol. The van der Waals surface area contributed by atoms with Crippen LogP contribution in [0, 0.1) is 0 Å². The summed E-state index contributed by atoms with van der Waals surface area (Å²) in [5.74, 6) is -1.98. The number of hydrogen-bond acceptors (Lipinski definition) is 2. The molecule has 1 aliphatic heterocycles. The fourth-order valence-corrected chi connectivity index (χ4v) is 0.548. The van der Waals surface area contributed by atoms with Crippen molar-refractivity contribution in [2.75, 3.05) is 0 Å². The van der Waals surface area contributed by atoms with Crippen molar-refractivity contribution in [3.05, 3.63) is 24.4 Å². The van der Waals surface area contributed by atoms with Gasteiger partial charge in [-0.3, -0.25) is 4.79 Å². The van der Waals surface area contributed by atoms with Crippen molar-refractivity contribution in [2.24, 2.45) is 0 Å². The molecule has 0 radical (unpaired) electrons. The van der Waals surface area contributed by atoms with Crippen molar-refractivity contribution >= 4 is 6.29 Å². The zero-order chi connectivity index (χ0) is 6.74. The van der Waals surface area contributed by atoms with E-state index in [0.29, 0.717) is 0 Å². The summed E-state index contributed by atoms with van der Waals surface area (Å²) in [6.07, 6.45) is 5.84. The Bertz CT molecular complexity index is 176. The van der Waals surface area contributed by atoms with Gasteiger partial charge in [0, 0.05) is 0 Å². The van der Waals surface area contributed by atoms with Gasteiger partial charge in [-0.25, -0.2) is 4.39 Å². The predicted molar refractivity (Wildman–Crippen MR) is 31.3 cm³/mol. The highest BCUT2D eigenvalue weighted by atomic mass is 19.1. The number of hydrogen-bond donors (Lipinski definition) is 1. The topological polar surface area (TPSA) is 29.1 Å². The van der Waals surface area contributed by atoms with E-state index < -0.39 is 5.79 Å². The fraction of sp³-hybridized carbons (Fsp3) is 0.167. The molecule has 0 bridgehead atoms. The molecule has 0 saturated heterocycles. The van der Waals surface area contributed by atoms with Crippen LogP contribution >= 0.6 is 0 Å². The van der Waals surface area contributed by atoms with Gasteiger partial charge in [0.15, 0.2) is 6.29 Å². The minimum absolute atomic E-state index is 0.215. The number of alkyl halides is 1. The van der Waals surface area contributed by atoms with Crippen LogP contribution in [0.4, 0.5) is 4.39 Å². The first kappa shape index (κ1) is 6.01. The first-order valence-corrected chi connectivity index (χ1v) is 2.54. The zero-order valence-corrected chi connectivity index (χ0v) is 4.67. The number of carbonyl (C=O) groups is 1. The minimum Gasteiger partial charge on any atom is -0.351 e. The molecule has 1 heterocycles. The van der Waals surface area contributed by atoms with E-state index in [0.717, 1.165) is 6.08 Å². The summed E-state index contributed by atoms with van der Waals surface area (Å²) in [7, 11) is 0. The molecule has 1 unspecified atom stereocenters. The molecule has 9 heavy (non-hydrogen) atoms. The molecule has 1 aliphatic rings. The van der Waals surface area contributed by atoms with Gasteiger partial charge in [-0.2, -0.15) is 0 Å². The van der Waals surface area contributed by atoms with Crippen LogP contribution < -0.4 is 5.32 Å². The summed E-state index contributed by atoms with van der Waals surface area (Å²) in [5.41, 5.74) is 0. The Morgan fingerprint density at radius 3 is 2.67 bits per heavy atom. The molecule has 0 aromatic carbocycles. The fourth-order valence-electron chi connectivity index (χ4n) is 0.548. The second-order valence-corrected chi connectivity index (χ2v) is 1.75. The lowest BCUT2D eigenvalue weighted by Crippen LogP contribution is -2.37. The van der Waals surface area contributed by atoms with Crippen molar-refractivity contribution in [1.82, 2.24) is 5.32 Å². The number of aldehydes is 1. The predicted octanol–water partition coefficient (Wildman–Crippen LogP) is 0.524. The third-order valence-corrected chi connectivity index (χ3v) is 1.02. The Kier molecular flexibility index (Phi) is 1.34. The van der Waals surface area contributed by atoms with Gasteiger partial charge < -0.3 is 5.32 Å². The van der Waals surface area contributed by atoms with Crippen LogP contribution in [0.3, 0.4) is 0 Å². The van der Waals surface area contributed by atoms with Crippen molar-refractivity contribution in [3.63, 3.8) is 0 Å². The molecule has 0 aliphatic carbocycles. The number of nitrogens with one attached hydrogen (secondary N) is 1. The van der Waals surface area contributed by atoms with Crippen molar-refractivity contribution < 1.29 is 9.18 Å². The average Bonchev–Trinajstić information content (AvgIpc) is 1.90. The quantitative estimate of drug-likeness (QED) is 0.411. The molecule has 1 N–H and O–H groups in total. The maximum Gasteiger partial charge on any atom is 0.255 e.